The predicted molar refractivity (Wildman–Crippen MR) is 78.1 cm³/mol. The zero-order chi connectivity index (χ0) is 13.5. The van der Waals surface area contributed by atoms with E-state index < -0.39 is 0 Å². The molecule has 20 heavy (non-hydrogen) atoms. The summed E-state index contributed by atoms with van der Waals surface area (Å²) in [6.45, 7) is 0. The second-order valence-electron chi connectivity index (χ2n) is 4.45. The van der Waals surface area contributed by atoms with Crippen molar-refractivity contribution in [2.24, 2.45) is 0 Å². The van der Waals surface area contributed by atoms with Crippen LogP contribution in [-0.2, 0) is 0 Å². The van der Waals surface area contributed by atoms with Crippen LogP contribution in [0.25, 0.3) is 33.3 Å². The molecule has 1 aliphatic rings. The van der Waals surface area contributed by atoms with E-state index in [9.17, 15) is 0 Å². The number of nitriles is 1. The number of aromatic nitrogens is 3. The van der Waals surface area contributed by atoms with Gasteiger partial charge in [-0.1, -0.05) is 48.2 Å². The van der Waals surface area contributed by atoms with Crippen LogP contribution in [0.15, 0.2) is 41.6 Å². The summed E-state index contributed by atoms with van der Waals surface area (Å²) in [7, 11) is 0. The number of thioether (sulfide) groups is 1. The van der Waals surface area contributed by atoms with Gasteiger partial charge in [0.1, 0.15) is 11.4 Å². The Hall–Kier alpha value is -2.45. The highest BCUT2D eigenvalue weighted by atomic mass is 32.2. The van der Waals surface area contributed by atoms with Crippen LogP contribution in [0.4, 0.5) is 0 Å². The molecule has 94 valence electrons. The Morgan fingerprint density at radius 1 is 1.00 bits per heavy atom. The van der Waals surface area contributed by atoms with Gasteiger partial charge in [0.25, 0.3) is 0 Å². The molecular formula is C15H8N4S. The fourth-order valence-corrected chi connectivity index (χ4v) is 3.02. The van der Waals surface area contributed by atoms with Crippen LogP contribution < -0.4 is 0 Å². The third kappa shape index (κ3) is 1.52. The van der Waals surface area contributed by atoms with Gasteiger partial charge < -0.3 is 0 Å². The van der Waals surface area contributed by atoms with E-state index >= 15 is 0 Å². The van der Waals surface area contributed by atoms with Crippen LogP contribution in [0.2, 0.25) is 0 Å². The summed E-state index contributed by atoms with van der Waals surface area (Å²) in [4.78, 5) is 4.57. The summed E-state index contributed by atoms with van der Waals surface area (Å²) >= 11 is 1.31. The van der Waals surface area contributed by atoms with E-state index in [1.54, 1.807) is 0 Å². The summed E-state index contributed by atoms with van der Waals surface area (Å²) in [5.74, 6) is 0.331. The monoisotopic (exact) mass is 276 g/mol. The van der Waals surface area contributed by atoms with Crippen molar-refractivity contribution in [3.05, 3.63) is 36.4 Å². The second-order valence-corrected chi connectivity index (χ2v) is 5.39. The molecule has 0 amide bonds. The second kappa shape index (κ2) is 4.29. The molecule has 0 fully saturated rings. The molecule has 0 bridgehead atoms. The lowest BCUT2D eigenvalue weighted by Gasteiger charge is -2.00. The Labute approximate surface area is 119 Å². The topological polar surface area (TPSA) is 62.5 Å². The van der Waals surface area contributed by atoms with Crippen LogP contribution in [0.3, 0.4) is 0 Å². The van der Waals surface area contributed by atoms with Crippen LogP contribution in [0.1, 0.15) is 0 Å². The summed E-state index contributed by atoms with van der Waals surface area (Å²) in [6.07, 6.45) is 0. The van der Waals surface area contributed by atoms with Crippen molar-refractivity contribution in [1.82, 2.24) is 15.2 Å². The first-order chi connectivity index (χ1) is 9.88. The molecule has 0 atom stereocenters. The fourth-order valence-electron chi connectivity index (χ4n) is 2.57. The van der Waals surface area contributed by atoms with E-state index in [0.717, 1.165) is 22.5 Å². The standard InChI is InChI=1S/C15H8N4S/c16-7-8-20-15-17-13-10-5-1-3-9-4-2-6-11(12(9)10)14(13)18-19-15/h1-6H,8H2. The largest absolute Gasteiger partial charge is 0.219 e. The first kappa shape index (κ1) is 11.4. The minimum absolute atomic E-state index is 0.331. The maximum absolute atomic E-state index is 8.64. The van der Waals surface area contributed by atoms with Crippen molar-refractivity contribution in [3.63, 3.8) is 0 Å². The lowest BCUT2D eigenvalue weighted by molar-refractivity contribution is 0.854. The molecule has 0 aliphatic heterocycles. The Kier molecular flexibility index (Phi) is 2.44. The third-order valence-electron chi connectivity index (χ3n) is 3.35. The molecular weight excluding hydrogens is 268 g/mol. The molecule has 5 heteroatoms. The Balaban J connectivity index is 1.97. The van der Waals surface area contributed by atoms with E-state index in [2.05, 4.69) is 45.5 Å². The Morgan fingerprint density at radius 2 is 1.75 bits per heavy atom. The maximum Gasteiger partial charge on any atom is 0.210 e. The van der Waals surface area contributed by atoms with Crippen LogP contribution in [0, 0.1) is 11.3 Å². The quantitative estimate of drug-likeness (QED) is 0.526. The van der Waals surface area contributed by atoms with E-state index in [-0.39, 0.29) is 0 Å². The van der Waals surface area contributed by atoms with Gasteiger partial charge >= 0.3 is 0 Å². The molecule has 0 saturated carbocycles. The molecule has 0 unspecified atom stereocenters. The van der Waals surface area contributed by atoms with Crippen molar-refractivity contribution in [3.8, 4) is 28.6 Å². The van der Waals surface area contributed by atoms with Gasteiger partial charge in [0.05, 0.1) is 11.8 Å². The number of benzene rings is 2. The zero-order valence-corrected chi connectivity index (χ0v) is 11.2. The lowest BCUT2D eigenvalue weighted by atomic mass is 10.0. The average molecular weight is 276 g/mol. The van der Waals surface area contributed by atoms with Crippen LogP contribution >= 0.6 is 11.8 Å². The summed E-state index contributed by atoms with van der Waals surface area (Å²) in [5.41, 5.74) is 3.89. The van der Waals surface area contributed by atoms with Crippen molar-refractivity contribution in [2.75, 3.05) is 5.75 Å². The molecule has 0 spiro atoms. The number of hydrogen-bond donors (Lipinski definition) is 0. The van der Waals surface area contributed by atoms with Crippen molar-refractivity contribution < 1.29 is 0 Å². The molecule has 3 aromatic rings. The normalized spacial score (nSPS) is 11.3. The van der Waals surface area contributed by atoms with Gasteiger partial charge in [-0.2, -0.15) is 5.26 Å². The SMILES string of the molecule is N#CCSc1nnc2c(n1)-c1cccc3cccc-2c13. The zero-order valence-electron chi connectivity index (χ0n) is 10.4. The summed E-state index contributed by atoms with van der Waals surface area (Å²) in [5, 5.41) is 20.0. The summed E-state index contributed by atoms with van der Waals surface area (Å²) in [6, 6.07) is 14.4. The van der Waals surface area contributed by atoms with E-state index in [4.69, 9.17) is 5.26 Å². The van der Waals surface area contributed by atoms with E-state index in [1.165, 1.54) is 22.5 Å². The van der Waals surface area contributed by atoms with Crippen molar-refractivity contribution in [2.45, 2.75) is 5.16 Å². The number of nitrogens with zero attached hydrogens (tertiary/aromatic N) is 4. The molecule has 1 aromatic heterocycles. The highest BCUT2D eigenvalue weighted by Crippen LogP contribution is 2.44. The van der Waals surface area contributed by atoms with Crippen LogP contribution in [0.5, 0.6) is 0 Å². The van der Waals surface area contributed by atoms with Gasteiger partial charge in [-0.05, 0) is 5.39 Å². The molecule has 0 saturated heterocycles. The Morgan fingerprint density at radius 3 is 2.50 bits per heavy atom. The molecule has 1 heterocycles. The molecule has 1 aliphatic carbocycles. The lowest BCUT2D eigenvalue weighted by Crippen LogP contribution is -1.95. The highest BCUT2D eigenvalue weighted by Gasteiger charge is 2.24. The average Bonchev–Trinajstić information content (AvgIpc) is 2.82. The van der Waals surface area contributed by atoms with E-state index in [1.807, 2.05) is 12.1 Å². The minimum Gasteiger partial charge on any atom is -0.219 e. The third-order valence-corrected chi connectivity index (χ3v) is 4.05. The highest BCUT2D eigenvalue weighted by molar-refractivity contribution is 7.99. The Bertz CT molecular complexity index is 877. The first-order valence-electron chi connectivity index (χ1n) is 6.15. The molecule has 4 rings (SSSR count). The molecule has 0 radical (unpaired) electrons. The fraction of sp³-hybridized carbons (Fsp3) is 0.0667. The maximum atomic E-state index is 8.64. The number of fused-ring (bicyclic) bond motifs is 3. The number of rotatable bonds is 2. The van der Waals surface area contributed by atoms with Gasteiger partial charge in [0.2, 0.25) is 5.16 Å². The molecule has 4 nitrogen and oxygen atoms in total. The predicted octanol–water partition coefficient (Wildman–Crippen LogP) is 3.29. The molecule has 0 N–H and O–H groups in total. The van der Waals surface area contributed by atoms with Gasteiger partial charge in [-0.15, -0.1) is 10.2 Å². The van der Waals surface area contributed by atoms with Crippen molar-refractivity contribution in [1.29, 1.82) is 5.26 Å². The smallest absolute Gasteiger partial charge is 0.210 e. The number of hydrogen-bond acceptors (Lipinski definition) is 5. The summed E-state index contributed by atoms with van der Waals surface area (Å²) < 4.78 is 0. The molecule has 2 aromatic carbocycles. The van der Waals surface area contributed by atoms with Gasteiger partial charge in [0.15, 0.2) is 0 Å². The van der Waals surface area contributed by atoms with Gasteiger partial charge in [0, 0.05) is 16.5 Å². The first-order valence-corrected chi connectivity index (χ1v) is 7.14. The van der Waals surface area contributed by atoms with Gasteiger partial charge in [-0.3, -0.25) is 0 Å². The van der Waals surface area contributed by atoms with Gasteiger partial charge in [-0.25, -0.2) is 4.98 Å². The minimum atomic E-state index is 0.331. The van der Waals surface area contributed by atoms with E-state index in [0.29, 0.717) is 10.9 Å². The van der Waals surface area contributed by atoms with Crippen molar-refractivity contribution >= 4 is 22.5 Å². The van der Waals surface area contributed by atoms with Crippen LogP contribution in [-0.4, -0.2) is 20.9 Å².